The monoisotopic (exact) mass is 321 g/mol. The molecule has 98 valence electrons. The predicted octanol–water partition coefficient (Wildman–Crippen LogP) is 3.87. The zero-order chi connectivity index (χ0) is 13.2. The molecule has 1 atom stereocenters. The van der Waals surface area contributed by atoms with Crippen molar-refractivity contribution in [1.82, 2.24) is 9.97 Å². The van der Waals surface area contributed by atoms with Crippen molar-refractivity contribution in [2.45, 2.75) is 25.3 Å². The van der Waals surface area contributed by atoms with E-state index in [4.69, 9.17) is 0 Å². The van der Waals surface area contributed by atoms with E-state index in [0.29, 0.717) is 5.95 Å². The molecule has 3 nitrogen and oxygen atoms in total. The molecule has 1 N–H and O–H groups in total. The number of benzene rings is 1. The van der Waals surface area contributed by atoms with Gasteiger partial charge in [-0.15, -0.1) is 0 Å². The average molecular weight is 322 g/mol. The Morgan fingerprint density at radius 1 is 1.26 bits per heavy atom. The summed E-state index contributed by atoms with van der Waals surface area (Å²) in [6.07, 6.45) is 6.47. The number of hydrogen-bond donors (Lipinski definition) is 1. The summed E-state index contributed by atoms with van der Waals surface area (Å²) in [6, 6.07) is 5.10. The highest BCUT2D eigenvalue weighted by molar-refractivity contribution is 9.10. The van der Waals surface area contributed by atoms with E-state index in [2.05, 4.69) is 31.2 Å². The Labute approximate surface area is 119 Å². The van der Waals surface area contributed by atoms with Crippen molar-refractivity contribution in [2.75, 3.05) is 5.32 Å². The molecule has 19 heavy (non-hydrogen) atoms. The van der Waals surface area contributed by atoms with Gasteiger partial charge in [0.05, 0.1) is 10.5 Å². The van der Waals surface area contributed by atoms with Crippen molar-refractivity contribution < 1.29 is 4.39 Å². The predicted molar refractivity (Wildman–Crippen MR) is 75.4 cm³/mol. The molecule has 1 aliphatic rings. The summed E-state index contributed by atoms with van der Waals surface area (Å²) in [5, 5.41) is 3.28. The summed E-state index contributed by atoms with van der Waals surface area (Å²) in [4.78, 5) is 8.41. The van der Waals surface area contributed by atoms with Gasteiger partial charge in [0, 0.05) is 12.4 Å². The normalized spacial score (nSPS) is 17.9. The third-order valence-corrected chi connectivity index (χ3v) is 3.76. The van der Waals surface area contributed by atoms with Gasteiger partial charge in [-0.2, -0.15) is 0 Å². The Kier molecular flexibility index (Phi) is 3.46. The molecule has 0 spiro atoms. The van der Waals surface area contributed by atoms with Crippen molar-refractivity contribution in [3.05, 3.63) is 52.0 Å². The molecule has 2 aromatic rings. The van der Waals surface area contributed by atoms with E-state index in [1.54, 1.807) is 18.5 Å². The fourth-order valence-electron chi connectivity index (χ4n) is 2.46. The van der Waals surface area contributed by atoms with Gasteiger partial charge in [-0.3, -0.25) is 0 Å². The van der Waals surface area contributed by atoms with E-state index < -0.39 is 0 Å². The fourth-order valence-corrected chi connectivity index (χ4v) is 2.67. The molecule has 1 heterocycles. The van der Waals surface area contributed by atoms with Gasteiger partial charge in [0.25, 0.3) is 0 Å². The topological polar surface area (TPSA) is 37.8 Å². The number of hydrogen-bond acceptors (Lipinski definition) is 3. The van der Waals surface area contributed by atoms with E-state index in [1.807, 2.05) is 6.07 Å². The van der Waals surface area contributed by atoms with Crippen molar-refractivity contribution >= 4 is 21.9 Å². The minimum absolute atomic E-state index is 0.0839. The average Bonchev–Trinajstić information content (AvgIpc) is 2.42. The molecule has 0 amide bonds. The van der Waals surface area contributed by atoms with Crippen LogP contribution in [-0.4, -0.2) is 9.97 Å². The van der Waals surface area contributed by atoms with Gasteiger partial charge in [-0.25, -0.2) is 14.4 Å². The molecule has 1 aliphatic carbocycles. The third kappa shape index (κ3) is 2.76. The van der Waals surface area contributed by atoms with Crippen LogP contribution in [0.25, 0.3) is 0 Å². The highest BCUT2D eigenvalue weighted by Gasteiger charge is 2.21. The Bertz CT molecular complexity index is 586. The van der Waals surface area contributed by atoms with Crippen LogP contribution in [0.1, 0.15) is 30.0 Å². The van der Waals surface area contributed by atoms with Crippen LogP contribution < -0.4 is 5.32 Å². The fraction of sp³-hybridized carbons (Fsp3) is 0.286. The number of nitrogens with one attached hydrogen (secondary N) is 1. The van der Waals surface area contributed by atoms with Gasteiger partial charge in [-0.1, -0.05) is 6.07 Å². The summed E-state index contributed by atoms with van der Waals surface area (Å²) >= 11 is 3.30. The smallest absolute Gasteiger partial charge is 0.223 e. The lowest BCUT2D eigenvalue weighted by atomic mass is 9.87. The number of halogens is 2. The Balaban J connectivity index is 1.87. The maximum Gasteiger partial charge on any atom is 0.223 e. The van der Waals surface area contributed by atoms with Gasteiger partial charge in [0.2, 0.25) is 5.95 Å². The van der Waals surface area contributed by atoms with Crippen LogP contribution in [0.2, 0.25) is 0 Å². The number of fused-ring (bicyclic) bond motifs is 1. The lowest BCUT2D eigenvalue weighted by Crippen LogP contribution is -2.18. The van der Waals surface area contributed by atoms with E-state index in [0.717, 1.165) is 29.3 Å². The molecule has 1 unspecified atom stereocenters. The summed E-state index contributed by atoms with van der Waals surface area (Å²) < 4.78 is 14.2. The highest BCUT2D eigenvalue weighted by Crippen LogP contribution is 2.32. The molecule has 0 saturated carbocycles. The highest BCUT2D eigenvalue weighted by atomic mass is 79.9. The molecular formula is C14H13BrFN3. The van der Waals surface area contributed by atoms with Crippen LogP contribution in [-0.2, 0) is 6.42 Å². The Hall–Kier alpha value is -1.49. The maximum atomic E-state index is 13.4. The minimum Gasteiger partial charge on any atom is -0.347 e. The third-order valence-electron chi connectivity index (χ3n) is 3.35. The molecule has 5 heteroatoms. The summed E-state index contributed by atoms with van der Waals surface area (Å²) in [5.41, 5.74) is 2.24. The van der Waals surface area contributed by atoms with E-state index in [9.17, 15) is 4.39 Å². The maximum absolute atomic E-state index is 13.4. The molecule has 0 bridgehead atoms. The van der Waals surface area contributed by atoms with Crippen molar-refractivity contribution in [2.24, 2.45) is 0 Å². The molecule has 0 aliphatic heterocycles. The van der Waals surface area contributed by atoms with Crippen molar-refractivity contribution in [3.8, 4) is 0 Å². The van der Waals surface area contributed by atoms with Crippen molar-refractivity contribution in [1.29, 1.82) is 0 Å². The molecule has 1 aromatic carbocycles. The van der Waals surface area contributed by atoms with Crippen LogP contribution in [0.4, 0.5) is 10.3 Å². The van der Waals surface area contributed by atoms with Crippen molar-refractivity contribution in [3.63, 3.8) is 0 Å². The molecule has 0 fully saturated rings. The van der Waals surface area contributed by atoms with E-state index >= 15 is 0 Å². The van der Waals surface area contributed by atoms with Gasteiger partial charge < -0.3 is 5.32 Å². The number of anilines is 1. The number of aryl methyl sites for hydroxylation is 1. The molecular weight excluding hydrogens is 309 g/mol. The Morgan fingerprint density at radius 2 is 2.05 bits per heavy atom. The second-order valence-corrected chi connectivity index (χ2v) is 5.57. The summed E-state index contributed by atoms with van der Waals surface area (Å²) in [7, 11) is 0. The van der Waals surface area contributed by atoms with E-state index in [1.165, 1.54) is 11.6 Å². The first kappa shape index (κ1) is 12.5. The number of aromatic nitrogens is 2. The first-order valence-corrected chi connectivity index (χ1v) is 7.04. The van der Waals surface area contributed by atoms with Gasteiger partial charge in [-0.05, 0) is 58.5 Å². The zero-order valence-corrected chi connectivity index (χ0v) is 11.8. The van der Waals surface area contributed by atoms with Crippen LogP contribution >= 0.6 is 15.9 Å². The number of nitrogens with zero attached hydrogens (tertiary/aromatic N) is 2. The second kappa shape index (κ2) is 5.25. The SMILES string of the molecule is Fc1ccc2c(c1)C(Nc1ncc(Br)cn1)CCC2. The quantitative estimate of drug-likeness (QED) is 0.912. The second-order valence-electron chi connectivity index (χ2n) is 4.66. The van der Waals surface area contributed by atoms with Gasteiger partial charge in [0.1, 0.15) is 5.82 Å². The largest absolute Gasteiger partial charge is 0.347 e. The first-order chi connectivity index (χ1) is 9.22. The van der Waals surface area contributed by atoms with Crippen LogP contribution in [0.5, 0.6) is 0 Å². The van der Waals surface area contributed by atoms with Crippen LogP contribution in [0.3, 0.4) is 0 Å². The van der Waals surface area contributed by atoms with Gasteiger partial charge in [0.15, 0.2) is 0 Å². The molecule has 3 rings (SSSR count). The summed E-state index contributed by atoms with van der Waals surface area (Å²) in [5.74, 6) is 0.384. The Morgan fingerprint density at radius 3 is 2.84 bits per heavy atom. The molecule has 1 aromatic heterocycles. The van der Waals surface area contributed by atoms with Crippen LogP contribution in [0.15, 0.2) is 35.1 Å². The lowest BCUT2D eigenvalue weighted by Gasteiger charge is -2.26. The number of rotatable bonds is 2. The van der Waals surface area contributed by atoms with Crippen LogP contribution in [0, 0.1) is 5.82 Å². The lowest BCUT2D eigenvalue weighted by molar-refractivity contribution is 0.577. The van der Waals surface area contributed by atoms with E-state index in [-0.39, 0.29) is 11.9 Å². The van der Waals surface area contributed by atoms with Gasteiger partial charge >= 0.3 is 0 Å². The first-order valence-electron chi connectivity index (χ1n) is 6.25. The standard InChI is InChI=1S/C14H13BrFN3/c15-10-7-17-14(18-8-10)19-13-3-1-2-9-4-5-11(16)6-12(9)13/h4-8,13H,1-3H2,(H,17,18,19). The minimum atomic E-state index is -0.191. The molecule has 0 saturated heterocycles. The summed E-state index contributed by atoms with van der Waals surface area (Å²) in [6.45, 7) is 0. The zero-order valence-electron chi connectivity index (χ0n) is 10.2. The molecule has 0 radical (unpaired) electrons.